The third-order valence-corrected chi connectivity index (χ3v) is 1.95. The molecule has 0 saturated carbocycles. The Balaban J connectivity index is 0.000000461. The van der Waals surface area contributed by atoms with Crippen LogP contribution in [0, 0.1) is 6.92 Å². The van der Waals surface area contributed by atoms with Crippen LogP contribution in [0.5, 0.6) is 0 Å². The first-order valence-electron chi connectivity index (χ1n) is 3.38. The molecule has 0 atom stereocenters. The van der Waals surface area contributed by atoms with Gasteiger partial charge in [-0.15, -0.1) is 11.8 Å². The molecule has 0 fully saturated rings. The highest BCUT2D eigenvalue weighted by molar-refractivity contribution is 7.98. The second-order valence-electron chi connectivity index (χ2n) is 2.02. The highest BCUT2D eigenvalue weighted by atomic mass is 32.2. The average Bonchev–Trinajstić information content (AvgIpc) is 2.08. The van der Waals surface area contributed by atoms with E-state index in [1.807, 2.05) is 0 Å². The van der Waals surface area contributed by atoms with Gasteiger partial charge in [0.1, 0.15) is 0 Å². The molecule has 1 rings (SSSR count). The highest BCUT2D eigenvalue weighted by Gasteiger charge is 1.86. The molecule has 0 saturated heterocycles. The molecule has 0 aromatic heterocycles. The summed E-state index contributed by atoms with van der Waals surface area (Å²) < 4.78 is 0. The van der Waals surface area contributed by atoms with E-state index in [2.05, 4.69) is 37.4 Å². The molecule has 0 radical (unpaired) electrons. The Labute approximate surface area is 72.4 Å². The van der Waals surface area contributed by atoms with Gasteiger partial charge in [-0.25, -0.2) is 0 Å². The fourth-order valence-corrected chi connectivity index (χ4v) is 1.26. The normalized spacial score (nSPS) is 8.36. The number of aliphatic hydroxyl groups excluding tert-OH is 1. The zero-order chi connectivity index (χ0) is 8.69. The second kappa shape index (κ2) is 6.25. The molecule has 0 amide bonds. The van der Waals surface area contributed by atoms with E-state index in [1.54, 1.807) is 11.8 Å². The maximum Gasteiger partial charge on any atom is 0.0319 e. The Kier molecular flexibility index (Phi) is 5.99. The van der Waals surface area contributed by atoms with Crippen LogP contribution < -0.4 is 0 Å². The van der Waals surface area contributed by atoms with Gasteiger partial charge in [-0.1, -0.05) is 17.7 Å². The smallest absolute Gasteiger partial charge is 0.0319 e. The molecule has 0 unspecified atom stereocenters. The van der Waals surface area contributed by atoms with E-state index in [1.165, 1.54) is 10.5 Å². The number of rotatable bonds is 1. The van der Waals surface area contributed by atoms with Gasteiger partial charge in [-0.2, -0.15) is 0 Å². The summed E-state index contributed by atoms with van der Waals surface area (Å²) in [6.07, 6.45) is 2.09. The van der Waals surface area contributed by atoms with Crippen LogP contribution in [0.15, 0.2) is 29.2 Å². The van der Waals surface area contributed by atoms with Crippen molar-refractivity contribution in [2.75, 3.05) is 13.4 Å². The van der Waals surface area contributed by atoms with Crippen molar-refractivity contribution in [3.05, 3.63) is 29.8 Å². The SMILES string of the molecule is CO.CSc1cccc(C)c1. The van der Waals surface area contributed by atoms with E-state index in [0.717, 1.165) is 7.11 Å². The second-order valence-corrected chi connectivity index (χ2v) is 2.90. The van der Waals surface area contributed by atoms with Crippen LogP contribution in [0.3, 0.4) is 0 Å². The minimum Gasteiger partial charge on any atom is -0.400 e. The molecule has 0 aliphatic carbocycles. The molecule has 0 aliphatic heterocycles. The molecular weight excluding hydrogens is 156 g/mol. The van der Waals surface area contributed by atoms with Crippen LogP contribution in [-0.2, 0) is 0 Å². The van der Waals surface area contributed by atoms with Gasteiger partial charge in [0, 0.05) is 12.0 Å². The third-order valence-electron chi connectivity index (χ3n) is 1.23. The van der Waals surface area contributed by atoms with Gasteiger partial charge in [-0.3, -0.25) is 0 Å². The summed E-state index contributed by atoms with van der Waals surface area (Å²) in [7, 11) is 1.00. The van der Waals surface area contributed by atoms with Crippen LogP contribution in [0.1, 0.15) is 5.56 Å². The standard InChI is InChI=1S/C8H10S.CH4O/c1-7-4-3-5-8(6-7)9-2;1-2/h3-6H,1-2H3;2H,1H3. The van der Waals surface area contributed by atoms with E-state index >= 15 is 0 Å². The van der Waals surface area contributed by atoms with E-state index in [-0.39, 0.29) is 0 Å². The summed E-state index contributed by atoms with van der Waals surface area (Å²) in [4.78, 5) is 1.34. The number of thioether (sulfide) groups is 1. The number of hydrogen-bond acceptors (Lipinski definition) is 2. The lowest BCUT2D eigenvalue weighted by Gasteiger charge is -1.94. The van der Waals surface area contributed by atoms with Crippen molar-refractivity contribution in [2.45, 2.75) is 11.8 Å². The Morgan fingerprint density at radius 2 is 1.91 bits per heavy atom. The number of aryl methyl sites for hydroxylation is 1. The van der Waals surface area contributed by atoms with E-state index in [4.69, 9.17) is 5.11 Å². The average molecular weight is 170 g/mol. The highest BCUT2D eigenvalue weighted by Crippen LogP contribution is 2.14. The molecule has 0 heterocycles. The van der Waals surface area contributed by atoms with Crippen molar-refractivity contribution >= 4 is 11.8 Å². The molecule has 1 aromatic rings. The molecule has 1 N–H and O–H groups in total. The van der Waals surface area contributed by atoms with Crippen molar-refractivity contribution in [3.8, 4) is 0 Å². The van der Waals surface area contributed by atoms with Crippen molar-refractivity contribution in [1.29, 1.82) is 0 Å². The maximum absolute atomic E-state index is 7.00. The van der Waals surface area contributed by atoms with Gasteiger partial charge >= 0.3 is 0 Å². The number of benzene rings is 1. The summed E-state index contributed by atoms with van der Waals surface area (Å²) in [5.41, 5.74) is 1.34. The minimum atomic E-state index is 1.00. The van der Waals surface area contributed by atoms with Crippen molar-refractivity contribution < 1.29 is 5.11 Å². The largest absolute Gasteiger partial charge is 0.400 e. The Hall–Kier alpha value is -0.470. The minimum absolute atomic E-state index is 1.00. The van der Waals surface area contributed by atoms with Gasteiger partial charge in [-0.05, 0) is 25.3 Å². The lowest BCUT2D eigenvalue weighted by molar-refractivity contribution is 0.399. The number of aliphatic hydroxyl groups is 1. The van der Waals surface area contributed by atoms with Crippen LogP contribution >= 0.6 is 11.8 Å². The molecule has 1 nitrogen and oxygen atoms in total. The van der Waals surface area contributed by atoms with Crippen molar-refractivity contribution in [1.82, 2.24) is 0 Å². The molecule has 62 valence electrons. The summed E-state index contributed by atoms with van der Waals surface area (Å²) in [5, 5.41) is 7.00. The van der Waals surface area contributed by atoms with Crippen LogP contribution in [0.2, 0.25) is 0 Å². The zero-order valence-corrected chi connectivity index (χ0v) is 7.98. The predicted octanol–water partition coefficient (Wildman–Crippen LogP) is 2.33. The molecule has 0 bridgehead atoms. The summed E-state index contributed by atoms with van der Waals surface area (Å²) >= 11 is 1.78. The summed E-state index contributed by atoms with van der Waals surface area (Å²) in [5.74, 6) is 0. The third kappa shape index (κ3) is 4.06. The van der Waals surface area contributed by atoms with Crippen LogP contribution in [0.4, 0.5) is 0 Å². The van der Waals surface area contributed by atoms with Crippen LogP contribution in [-0.4, -0.2) is 18.5 Å². The first-order valence-corrected chi connectivity index (χ1v) is 4.61. The Bertz CT molecular complexity index is 199. The summed E-state index contributed by atoms with van der Waals surface area (Å²) in [6, 6.07) is 8.50. The fraction of sp³-hybridized carbons (Fsp3) is 0.333. The van der Waals surface area contributed by atoms with Crippen LogP contribution in [0.25, 0.3) is 0 Å². The quantitative estimate of drug-likeness (QED) is 0.653. The van der Waals surface area contributed by atoms with Gasteiger partial charge in [0.25, 0.3) is 0 Å². The monoisotopic (exact) mass is 170 g/mol. The van der Waals surface area contributed by atoms with Crippen molar-refractivity contribution in [3.63, 3.8) is 0 Å². The fourth-order valence-electron chi connectivity index (χ4n) is 0.742. The van der Waals surface area contributed by atoms with E-state index in [0.29, 0.717) is 0 Å². The molecule has 2 heteroatoms. The predicted molar refractivity (Wildman–Crippen MR) is 51.1 cm³/mol. The topological polar surface area (TPSA) is 20.2 Å². The molecule has 11 heavy (non-hydrogen) atoms. The first-order chi connectivity index (χ1) is 5.33. The van der Waals surface area contributed by atoms with E-state index in [9.17, 15) is 0 Å². The van der Waals surface area contributed by atoms with Gasteiger partial charge < -0.3 is 5.11 Å². The molecule has 0 aliphatic rings. The van der Waals surface area contributed by atoms with E-state index < -0.39 is 0 Å². The van der Waals surface area contributed by atoms with Gasteiger partial charge in [0.2, 0.25) is 0 Å². The Morgan fingerprint density at radius 1 is 1.27 bits per heavy atom. The first kappa shape index (κ1) is 10.5. The number of hydrogen-bond donors (Lipinski definition) is 1. The lowest BCUT2D eigenvalue weighted by atomic mass is 10.2. The lowest BCUT2D eigenvalue weighted by Crippen LogP contribution is -1.71. The summed E-state index contributed by atoms with van der Waals surface area (Å²) in [6.45, 7) is 2.11. The van der Waals surface area contributed by atoms with Gasteiger partial charge in [0.05, 0.1) is 0 Å². The Morgan fingerprint density at radius 3 is 2.27 bits per heavy atom. The van der Waals surface area contributed by atoms with Gasteiger partial charge in [0.15, 0.2) is 0 Å². The maximum atomic E-state index is 7.00. The zero-order valence-electron chi connectivity index (χ0n) is 7.16. The molecule has 0 spiro atoms. The molecule has 1 aromatic carbocycles. The molecular formula is C9H14OS. The van der Waals surface area contributed by atoms with Crippen molar-refractivity contribution in [2.24, 2.45) is 0 Å².